The summed E-state index contributed by atoms with van der Waals surface area (Å²) in [6.07, 6.45) is -1.97. The fourth-order valence-corrected chi connectivity index (χ4v) is 4.79. The molecule has 0 saturated carbocycles. The van der Waals surface area contributed by atoms with Gasteiger partial charge in [0.2, 0.25) is 5.91 Å². The first kappa shape index (κ1) is 23.6. The smallest absolute Gasteiger partial charge is 0.407 e. The van der Waals surface area contributed by atoms with Gasteiger partial charge in [0.15, 0.2) is 0 Å². The number of esters is 1. The van der Waals surface area contributed by atoms with Crippen LogP contribution in [0.5, 0.6) is 0 Å². The van der Waals surface area contributed by atoms with Gasteiger partial charge in [0.1, 0.15) is 31.9 Å². The first-order chi connectivity index (χ1) is 17.5. The van der Waals surface area contributed by atoms with Crippen molar-refractivity contribution in [3.63, 3.8) is 0 Å². The summed E-state index contributed by atoms with van der Waals surface area (Å²) in [7, 11) is 0. The van der Waals surface area contributed by atoms with E-state index in [9.17, 15) is 19.5 Å². The Hall–Kier alpha value is -4.17. The van der Waals surface area contributed by atoms with E-state index < -0.39 is 30.1 Å². The number of β-amino-alcohol motifs (C(OH)–C–C–N with tert-alkyl or cyclic N) is 1. The van der Waals surface area contributed by atoms with Gasteiger partial charge in [-0.15, -0.1) is 0 Å². The zero-order valence-corrected chi connectivity index (χ0v) is 19.5. The number of carbonyl (C=O) groups is 3. The summed E-state index contributed by atoms with van der Waals surface area (Å²) in [5.74, 6) is -1.28. The Labute approximate surface area is 208 Å². The number of nitrogens with zero attached hydrogens (tertiary/aromatic N) is 1. The van der Waals surface area contributed by atoms with Gasteiger partial charge in [-0.3, -0.25) is 9.59 Å². The molecule has 2 aliphatic rings. The number of hydrogen-bond donors (Lipinski definition) is 2. The van der Waals surface area contributed by atoms with Crippen LogP contribution in [-0.4, -0.2) is 59.8 Å². The van der Waals surface area contributed by atoms with Crippen LogP contribution in [0, 0.1) is 0 Å². The van der Waals surface area contributed by atoms with Gasteiger partial charge in [0.05, 0.1) is 0 Å². The molecule has 8 heteroatoms. The molecule has 36 heavy (non-hydrogen) atoms. The fourth-order valence-electron chi connectivity index (χ4n) is 4.79. The average Bonchev–Trinajstić information content (AvgIpc) is 3.35. The summed E-state index contributed by atoms with van der Waals surface area (Å²) in [5, 5.41) is 12.8. The molecule has 3 aromatic rings. The highest BCUT2D eigenvalue weighted by Crippen LogP contribution is 2.44. The first-order valence-electron chi connectivity index (χ1n) is 11.8. The number of likely N-dealkylation sites (tertiary alicyclic amines) is 1. The van der Waals surface area contributed by atoms with Crippen LogP contribution in [0.2, 0.25) is 0 Å². The van der Waals surface area contributed by atoms with Gasteiger partial charge in [0.25, 0.3) is 0 Å². The largest absolute Gasteiger partial charge is 0.459 e. The molecule has 1 saturated heterocycles. The maximum Gasteiger partial charge on any atom is 0.407 e. The number of rotatable bonds is 7. The van der Waals surface area contributed by atoms with Crippen LogP contribution in [0.3, 0.4) is 0 Å². The van der Waals surface area contributed by atoms with Crippen LogP contribution in [0.4, 0.5) is 4.79 Å². The molecule has 1 aliphatic carbocycles. The van der Waals surface area contributed by atoms with Crippen molar-refractivity contribution in [2.75, 3.05) is 19.7 Å². The zero-order chi connectivity index (χ0) is 25.1. The third kappa shape index (κ3) is 4.81. The molecule has 1 fully saturated rings. The molecule has 8 nitrogen and oxygen atoms in total. The second-order valence-electron chi connectivity index (χ2n) is 8.88. The second-order valence-corrected chi connectivity index (χ2v) is 8.88. The lowest BCUT2D eigenvalue weighted by Crippen LogP contribution is -2.46. The van der Waals surface area contributed by atoms with E-state index in [0.717, 1.165) is 27.8 Å². The number of fused-ring (bicyclic) bond motifs is 3. The van der Waals surface area contributed by atoms with Crippen LogP contribution < -0.4 is 5.32 Å². The lowest BCUT2D eigenvalue weighted by Gasteiger charge is -2.18. The molecule has 0 aromatic heterocycles. The van der Waals surface area contributed by atoms with E-state index in [1.54, 1.807) is 0 Å². The molecule has 2 amide bonds. The van der Waals surface area contributed by atoms with Crippen molar-refractivity contribution in [1.82, 2.24) is 10.2 Å². The Balaban J connectivity index is 1.15. The molecule has 2 N–H and O–H groups in total. The molecule has 2 atom stereocenters. The lowest BCUT2D eigenvalue weighted by molar-refractivity contribution is -0.149. The van der Waals surface area contributed by atoms with E-state index in [0.29, 0.717) is 0 Å². The van der Waals surface area contributed by atoms with Crippen molar-refractivity contribution < 1.29 is 29.0 Å². The second kappa shape index (κ2) is 10.2. The van der Waals surface area contributed by atoms with Crippen molar-refractivity contribution in [2.24, 2.45) is 0 Å². The minimum absolute atomic E-state index is 0.0890. The normalized spacial score (nSPS) is 18.5. The predicted octanol–water partition coefficient (Wildman–Crippen LogP) is 2.84. The number of alkyl carbamates (subject to hydrolysis) is 1. The third-order valence-electron chi connectivity index (χ3n) is 6.55. The number of benzene rings is 3. The van der Waals surface area contributed by atoms with Crippen molar-refractivity contribution in [1.29, 1.82) is 0 Å². The molecule has 3 aromatic carbocycles. The van der Waals surface area contributed by atoms with Gasteiger partial charge in [-0.1, -0.05) is 78.9 Å². The number of nitrogens with one attached hydrogen (secondary N) is 1. The first-order valence-corrected chi connectivity index (χ1v) is 11.8. The molecule has 184 valence electrons. The molecular weight excluding hydrogens is 460 g/mol. The van der Waals surface area contributed by atoms with Crippen LogP contribution in [-0.2, 0) is 25.7 Å². The Bertz CT molecular complexity index is 1230. The molecule has 0 spiro atoms. The van der Waals surface area contributed by atoms with Gasteiger partial charge in [-0.25, -0.2) is 4.79 Å². The number of amides is 2. The topological polar surface area (TPSA) is 105 Å². The monoisotopic (exact) mass is 486 g/mol. The average molecular weight is 487 g/mol. The van der Waals surface area contributed by atoms with Crippen LogP contribution in [0.15, 0.2) is 78.9 Å². The maximum absolute atomic E-state index is 12.7. The SMILES string of the molecule is O=C(CN1CC(O)C(NC(=O)OCC2c3ccccc3-c3ccccc32)C1=O)OCc1ccccc1. The highest BCUT2D eigenvalue weighted by Gasteiger charge is 2.42. The number of carbonyl (C=O) groups excluding carboxylic acids is 3. The molecule has 1 aliphatic heterocycles. The Morgan fingerprint density at radius 2 is 1.50 bits per heavy atom. The molecule has 0 radical (unpaired) electrons. The van der Waals surface area contributed by atoms with Gasteiger partial charge in [-0.2, -0.15) is 0 Å². The van der Waals surface area contributed by atoms with Crippen LogP contribution in [0.25, 0.3) is 11.1 Å². The minimum atomic E-state index is -1.19. The van der Waals surface area contributed by atoms with E-state index >= 15 is 0 Å². The van der Waals surface area contributed by atoms with Crippen molar-refractivity contribution in [3.05, 3.63) is 95.6 Å². The molecule has 1 heterocycles. The van der Waals surface area contributed by atoms with E-state index in [1.165, 1.54) is 4.90 Å². The minimum Gasteiger partial charge on any atom is -0.459 e. The van der Waals surface area contributed by atoms with E-state index in [-0.39, 0.29) is 32.2 Å². The number of aliphatic hydroxyl groups excluding tert-OH is 1. The number of hydrogen-bond acceptors (Lipinski definition) is 6. The zero-order valence-electron chi connectivity index (χ0n) is 19.5. The van der Waals surface area contributed by atoms with Gasteiger partial charge in [-0.05, 0) is 27.8 Å². The van der Waals surface area contributed by atoms with E-state index in [4.69, 9.17) is 9.47 Å². The molecular formula is C28H26N2O6. The molecule has 5 rings (SSSR count). The summed E-state index contributed by atoms with van der Waals surface area (Å²) < 4.78 is 10.7. The fraction of sp³-hybridized carbons (Fsp3) is 0.250. The number of ether oxygens (including phenoxy) is 2. The Morgan fingerprint density at radius 1 is 0.889 bits per heavy atom. The highest BCUT2D eigenvalue weighted by atomic mass is 16.5. The highest BCUT2D eigenvalue weighted by molar-refractivity contribution is 5.91. The number of aliphatic hydroxyl groups is 1. The van der Waals surface area contributed by atoms with Gasteiger partial charge >= 0.3 is 12.1 Å². The third-order valence-corrected chi connectivity index (χ3v) is 6.55. The summed E-state index contributed by atoms with van der Waals surface area (Å²) in [5.41, 5.74) is 5.19. The van der Waals surface area contributed by atoms with Crippen molar-refractivity contribution >= 4 is 18.0 Å². The van der Waals surface area contributed by atoms with E-state index in [1.807, 2.05) is 78.9 Å². The predicted molar refractivity (Wildman–Crippen MR) is 131 cm³/mol. The van der Waals surface area contributed by atoms with Gasteiger partial charge < -0.3 is 24.8 Å². The Morgan fingerprint density at radius 3 is 2.17 bits per heavy atom. The maximum atomic E-state index is 12.7. The summed E-state index contributed by atoms with van der Waals surface area (Å²) >= 11 is 0. The van der Waals surface area contributed by atoms with Crippen molar-refractivity contribution in [3.8, 4) is 11.1 Å². The molecule has 0 bridgehead atoms. The Kier molecular flexibility index (Phi) is 6.69. The summed E-state index contributed by atoms with van der Waals surface area (Å²) in [6, 6.07) is 24.0. The van der Waals surface area contributed by atoms with Crippen LogP contribution in [0.1, 0.15) is 22.6 Å². The van der Waals surface area contributed by atoms with Crippen LogP contribution >= 0.6 is 0 Å². The van der Waals surface area contributed by atoms with Gasteiger partial charge in [0, 0.05) is 12.5 Å². The standard InChI is InChI=1S/C28H26N2O6/c31-24-14-30(15-25(32)35-16-18-8-2-1-3-9-18)27(33)26(24)29-28(34)36-17-23-21-12-6-4-10-19(21)20-11-5-7-13-22(20)23/h1-13,23-24,26,31H,14-17H2,(H,29,34). The quantitative estimate of drug-likeness (QED) is 0.498. The molecule has 2 unspecified atom stereocenters. The summed E-state index contributed by atoms with van der Waals surface area (Å²) in [6.45, 7) is -0.225. The summed E-state index contributed by atoms with van der Waals surface area (Å²) in [4.78, 5) is 38.7. The lowest BCUT2D eigenvalue weighted by atomic mass is 9.98. The van der Waals surface area contributed by atoms with Crippen molar-refractivity contribution in [2.45, 2.75) is 24.7 Å². The van der Waals surface area contributed by atoms with E-state index in [2.05, 4.69) is 5.32 Å².